The number of rotatable bonds is 3. The van der Waals surface area contributed by atoms with Crippen molar-refractivity contribution in [1.82, 2.24) is 15.1 Å². The molecule has 104 valence electrons. The van der Waals surface area contributed by atoms with E-state index in [-0.39, 0.29) is 5.91 Å². The van der Waals surface area contributed by atoms with E-state index in [1.54, 1.807) is 6.20 Å². The number of primary amides is 1. The second kappa shape index (κ2) is 5.33. The summed E-state index contributed by atoms with van der Waals surface area (Å²) in [5, 5.41) is 7.02. The van der Waals surface area contributed by atoms with Crippen LogP contribution in [-0.4, -0.2) is 33.6 Å². The van der Waals surface area contributed by atoms with E-state index >= 15 is 0 Å². The Morgan fingerprint density at radius 2 is 2.05 bits per heavy atom. The van der Waals surface area contributed by atoms with Crippen LogP contribution in [0.4, 0.5) is 0 Å². The Bertz CT molecular complexity index is 450. The van der Waals surface area contributed by atoms with Gasteiger partial charge in [0, 0.05) is 6.04 Å². The van der Waals surface area contributed by atoms with Crippen LogP contribution in [0.2, 0.25) is 0 Å². The Kier molecular flexibility index (Phi) is 3.55. The molecule has 2 aliphatic rings. The summed E-state index contributed by atoms with van der Waals surface area (Å²) in [5.74, 6) is -0.376. The summed E-state index contributed by atoms with van der Waals surface area (Å²) in [6.07, 6.45) is 10.5. The van der Waals surface area contributed by atoms with E-state index in [0.29, 0.717) is 17.6 Å². The standard InChI is InChI=1S/C14H22N4O/c15-14(19)11-9-16-17-13(11)12-7-4-8-18(12)10-5-2-1-3-6-10/h9-10,12H,1-8H2,(H2,15,19)(H,16,17). The summed E-state index contributed by atoms with van der Waals surface area (Å²) in [4.78, 5) is 14.0. The molecular weight excluding hydrogens is 240 g/mol. The summed E-state index contributed by atoms with van der Waals surface area (Å²) in [7, 11) is 0. The molecule has 1 aromatic rings. The van der Waals surface area contributed by atoms with Crippen molar-refractivity contribution in [3.05, 3.63) is 17.5 Å². The molecule has 1 aliphatic heterocycles. The van der Waals surface area contributed by atoms with Crippen LogP contribution < -0.4 is 5.73 Å². The molecule has 2 fully saturated rings. The molecule has 0 bridgehead atoms. The average Bonchev–Trinajstić information content (AvgIpc) is 3.08. The minimum atomic E-state index is -0.376. The van der Waals surface area contributed by atoms with Gasteiger partial charge in [0.1, 0.15) is 0 Å². The Morgan fingerprint density at radius 1 is 1.26 bits per heavy atom. The molecular formula is C14H22N4O. The van der Waals surface area contributed by atoms with E-state index in [0.717, 1.165) is 18.7 Å². The molecule has 1 aromatic heterocycles. The highest BCUT2D eigenvalue weighted by atomic mass is 16.1. The van der Waals surface area contributed by atoms with Gasteiger partial charge < -0.3 is 5.73 Å². The molecule has 5 heteroatoms. The number of H-pyrrole nitrogens is 1. The van der Waals surface area contributed by atoms with E-state index < -0.39 is 0 Å². The van der Waals surface area contributed by atoms with Gasteiger partial charge in [-0.25, -0.2) is 0 Å². The van der Waals surface area contributed by atoms with Gasteiger partial charge >= 0.3 is 0 Å². The van der Waals surface area contributed by atoms with Crippen molar-refractivity contribution in [3.8, 4) is 0 Å². The lowest BCUT2D eigenvalue weighted by molar-refractivity contribution is 0.0993. The van der Waals surface area contributed by atoms with Gasteiger partial charge in [0.25, 0.3) is 5.91 Å². The molecule has 1 saturated carbocycles. The number of aromatic nitrogens is 2. The van der Waals surface area contributed by atoms with Crippen LogP contribution in [0.25, 0.3) is 0 Å². The first kappa shape index (κ1) is 12.7. The van der Waals surface area contributed by atoms with E-state index in [4.69, 9.17) is 5.73 Å². The minimum Gasteiger partial charge on any atom is -0.365 e. The summed E-state index contributed by atoms with van der Waals surface area (Å²) < 4.78 is 0. The number of amides is 1. The number of carbonyl (C=O) groups excluding carboxylic acids is 1. The van der Waals surface area contributed by atoms with Gasteiger partial charge in [0.2, 0.25) is 0 Å². The van der Waals surface area contributed by atoms with Crippen LogP contribution in [-0.2, 0) is 0 Å². The molecule has 2 heterocycles. The first-order chi connectivity index (χ1) is 9.27. The fraction of sp³-hybridized carbons (Fsp3) is 0.714. The maximum Gasteiger partial charge on any atom is 0.252 e. The van der Waals surface area contributed by atoms with Gasteiger partial charge in [-0.05, 0) is 32.2 Å². The molecule has 0 spiro atoms. The number of nitrogens with one attached hydrogen (secondary N) is 1. The van der Waals surface area contributed by atoms with Gasteiger partial charge in [-0.3, -0.25) is 14.8 Å². The van der Waals surface area contributed by atoms with Crippen molar-refractivity contribution < 1.29 is 4.79 Å². The van der Waals surface area contributed by atoms with Gasteiger partial charge in [-0.1, -0.05) is 19.3 Å². The van der Waals surface area contributed by atoms with Crippen LogP contribution in [0, 0.1) is 0 Å². The van der Waals surface area contributed by atoms with Crippen LogP contribution in [0.5, 0.6) is 0 Å². The molecule has 3 N–H and O–H groups in total. The number of hydrogen-bond donors (Lipinski definition) is 2. The maximum atomic E-state index is 11.5. The van der Waals surface area contributed by atoms with Crippen LogP contribution in [0.15, 0.2) is 6.20 Å². The Morgan fingerprint density at radius 3 is 2.79 bits per heavy atom. The summed E-state index contributed by atoms with van der Waals surface area (Å²) >= 11 is 0. The SMILES string of the molecule is NC(=O)c1cn[nH]c1C1CCCN1C1CCCCC1. The normalized spacial score (nSPS) is 25.8. The number of carbonyl (C=O) groups is 1. The molecule has 1 unspecified atom stereocenters. The molecule has 1 atom stereocenters. The van der Waals surface area contributed by atoms with Gasteiger partial charge in [-0.15, -0.1) is 0 Å². The lowest BCUT2D eigenvalue weighted by Gasteiger charge is -2.35. The van der Waals surface area contributed by atoms with Crippen LogP contribution in [0.1, 0.15) is 67.0 Å². The van der Waals surface area contributed by atoms with E-state index in [1.807, 2.05) is 0 Å². The number of nitrogens with two attached hydrogens (primary N) is 1. The number of hydrogen-bond acceptors (Lipinski definition) is 3. The van der Waals surface area contributed by atoms with Gasteiger partial charge in [0.05, 0.1) is 23.5 Å². The highest BCUT2D eigenvalue weighted by molar-refractivity contribution is 5.93. The molecule has 0 radical (unpaired) electrons. The maximum absolute atomic E-state index is 11.5. The monoisotopic (exact) mass is 262 g/mol. The fourth-order valence-corrected chi connectivity index (χ4v) is 3.70. The first-order valence-electron chi connectivity index (χ1n) is 7.36. The molecule has 19 heavy (non-hydrogen) atoms. The average molecular weight is 262 g/mol. The zero-order valence-corrected chi connectivity index (χ0v) is 11.3. The summed E-state index contributed by atoms with van der Waals surface area (Å²) in [6, 6.07) is 0.971. The zero-order chi connectivity index (χ0) is 13.2. The van der Waals surface area contributed by atoms with E-state index in [1.165, 1.54) is 38.5 Å². The Balaban J connectivity index is 1.82. The van der Waals surface area contributed by atoms with Crippen molar-refractivity contribution >= 4 is 5.91 Å². The molecule has 5 nitrogen and oxygen atoms in total. The predicted octanol–water partition coefficient (Wildman–Crippen LogP) is 1.98. The fourth-order valence-electron chi connectivity index (χ4n) is 3.70. The quantitative estimate of drug-likeness (QED) is 0.874. The summed E-state index contributed by atoms with van der Waals surface area (Å²) in [5.41, 5.74) is 6.92. The van der Waals surface area contributed by atoms with Gasteiger partial charge in [0.15, 0.2) is 0 Å². The molecule has 1 aliphatic carbocycles. The van der Waals surface area contributed by atoms with Crippen LogP contribution in [0.3, 0.4) is 0 Å². The van der Waals surface area contributed by atoms with Crippen molar-refractivity contribution in [1.29, 1.82) is 0 Å². The number of aromatic amines is 1. The minimum absolute atomic E-state index is 0.299. The number of likely N-dealkylation sites (tertiary alicyclic amines) is 1. The van der Waals surface area contributed by atoms with E-state index in [9.17, 15) is 4.79 Å². The molecule has 1 saturated heterocycles. The van der Waals surface area contributed by atoms with Crippen molar-refractivity contribution in [2.75, 3.05) is 6.54 Å². The predicted molar refractivity (Wildman–Crippen MR) is 72.7 cm³/mol. The van der Waals surface area contributed by atoms with Crippen molar-refractivity contribution in [2.24, 2.45) is 5.73 Å². The summed E-state index contributed by atoms with van der Waals surface area (Å²) in [6.45, 7) is 1.13. The number of nitrogens with zero attached hydrogens (tertiary/aromatic N) is 2. The first-order valence-corrected chi connectivity index (χ1v) is 7.36. The third-order valence-corrected chi connectivity index (χ3v) is 4.61. The molecule has 3 rings (SSSR count). The largest absolute Gasteiger partial charge is 0.365 e. The van der Waals surface area contributed by atoms with Gasteiger partial charge in [-0.2, -0.15) is 5.10 Å². The highest BCUT2D eigenvalue weighted by Gasteiger charge is 2.35. The third-order valence-electron chi connectivity index (χ3n) is 4.61. The smallest absolute Gasteiger partial charge is 0.252 e. The Labute approximate surface area is 113 Å². The topological polar surface area (TPSA) is 75.0 Å². The lowest BCUT2D eigenvalue weighted by atomic mass is 9.93. The Hall–Kier alpha value is -1.36. The van der Waals surface area contributed by atoms with Crippen molar-refractivity contribution in [3.63, 3.8) is 0 Å². The third kappa shape index (κ3) is 2.39. The van der Waals surface area contributed by atoms with E-state index in [2.05, 4.69) is 15.1 Å². The molecule has 1 amide bonds. The second-order valence-corrected chi connectivity index (χ2v) is 5.75. The van der Waals surface area contributed by atoms with Crippen LogP contribution >= 0.6 is 0 Å². The zero-order valence-electron chi connectivity index (χ0n) is 11.3. The lowest BCUT2D eigenvalue weighted by Crippen LogP contribution is -2.37. The van der Waals surface area contributed by atoms with Crippen molar-refractivity contribution in [2.45, 2.75) is 57.0 Å². The molecule has 0 aromatic carbocycles. The second-order valence-electron chi connectivity index (χ2n) is 5.75. The highest BCUT2D eigenvalue weighted by Crippen LogP contribution is 2.37.